The molecule has 1 aliphatic carbocycles. The quantitative estimate of drug-likeness (QED) is 0.768. The van der Waals surface area contributed by atoms with E-state index < -0.39 is 0 Å². The van der Waals surface area contributed by atoms with Crippen molar-refractivity contribution in [1.82, 2.24) is 20.2 Å². The van der Waals surface area contributed by atoms with Crippen molar-refractivity contribution >= 4 is 0 Å². The molecule has 2 fully saturated rings. The molecule has 1 saturated carbocycles. The molecular weight excluding hydrogens is 342 g/mol. The topological polar surface area (TPSA) is 70.4 Å². The third kappa shape index (κ3) is 4.24. The summed E-state index contributed by atoms with van der Waals surface area (Å²) in [4.78, 5) is 1.43. The Labute approximate surface area is 161 Å². The fraction of sp³-hybridized carbons (Fsp3) is 0.750. The van der Waals surface area contributed by atoms with Crippen LogP contribution in [0.4, 0.5) is 0 Å². The van der Waals surface area contributed by atoms with Crippen molar-refractivity contribution in [3.05, 3.63) is 30.0 Å². The van der Waals surface area contributed by atoms with Crippen LogP contribution in [0.1, 0.15) is 76.0 Å². The smallest absolute Gasteiger partial charge is 0.209 e. The number of ether oxygens (including phenoxy) is 1. The maximum Gasteiger partial charge on any atom is 0.209 e. The Morgan fingerprint density at radius 1 is 1.22 bits per heavy atom. The molecular formula is C20H32N5O2+. The van der Waals surface area contributed by atoms with Gasteiger partial charge in [-0.15, -0.1) is 5.10 Å². The Morgan fingerprint density at radius 2 is 2.07 bits per heavy atom. The molecule has 148 valence electrons. The number of rotatable bonds is 8. The van der Waals surface area contributed by atoms with Crippen molar-refractivity contribution in [3.63, 3.8) is 0 Å². The number of furan rings is 1. The first-order valence-electron chi connectivity index (χ1n) is 10.5. The predicted molar refractivity (Wildman–Crippen MR) is 100 cm³/mol. The highest BCUT2D eigenvalue weighted by molar-refractivity contribution is 4.97. The van der Waals surface area contributed by atoms with Gasteiger partial charge < -0.3 is 14.1 Å². The van der Waals surface area contributed by atoms with Crippen LogP contribution in [0, 0.1) is 5.92 Å². The maximum atomic E-state index is 5.97. The highest BCUT2D eigenvalue weighted by Crippen LogP contribution is 2.31. The fourth-order valence-corrected chi connectivity index (χ4v) is 4.81. The zero-order valence-corrected chi connectivity index (χ0v) is 16.5. The molecule has 4 rings (SSSR count). The second-order valence-electron chi connectivity index (χ2n) is 8.40. The van der Waals surface area contributed by atoms with Gasteiger partial charge in [0.1, 0.15) is 19.2 Å². The van der Waals surface area contributed by atoms with Crippen molar-refractivity contribution in [2.75, 3.05) is 13.2 Å². The second-order valence-corrected chi connectivity index (χ2v) is 8.40. The number of hydrogen-bond acceptors (Lipinski definition) is 5. The van der Waals surface area contributed by atoms with Crippen molar-refractivity contribution in [2.24, 2.45) is 5.92 Å². The van der Waals surface area contributed by atoms with Gasteiger partial charge in [0.05, 0.1) is 12.3 Å². The lowest BCUT2D eigenvalue weighted by atomic mass is 10.00. The van der Waals surface area contributed by atoms with Gasteiger partial charge in [0, 0.05) is 12.5 Å². The van der Waals surface area contributed by atoms with E-state index in [1.165, 1.54) is 30.6 Å². The SMILES string of the molecule is CC(C)[C@H](c1nnnn1C1CCCC1)[NH+](Cc1ccco1)C[C@@H]1CCCO1. The summed E-state index contributed by atoms with van der Waals surface area (Å²) in [6, 6.07) is 4.69. The minimum atomic E-state index is 0.218. The molecule has 2 aromatic heterocycles. The molecule has 1 aliphatic heterocycles. The summed E-state index contributed by atoms with van der Waals surface area (Å²) in [5, 5.41) is 13.0. The summed E-state index contributed by atoms with van der Waals surface area (Å²) in [6.07, 6.45) is 9.28. The van der Waals surface area contributed by atoms with Gasteiger partial charge in [-0.3, -0.25) is 0 Å². The van der Waals surface area contributed by atoms with E-state index in [-0.39, 0.29) is 6.04 Å². The van der Waals surface area contributed by atoms with E-state index in [0.29, 0.717) is 18.1 Å². The molecule has 0 amide bonds. The average Bonchev–Trinajstić information content (AvgIpc) is 3.43. The Bertz CT molecular complexity index is 687. The number of nitrogens with one attached hydrogen (secondary N) is 1. The summed E-state index contributed by atoms with van der Waals surface area (Å²) < 4.78 is 13.8. The summed E-state index contributed by atoms with van der Waals surface area (Å²) in [7, 11) is 0. The molecule has 7 nitrogen and oxygen atoms in total. The highest BCUT2D eigenvalue weighted by atomic mass is 16.5. The Kier molecular flexibility index (Phi) is 5.88. The number of tetrazole rings is 1. The van der Waals surface area contributed by atoms with Crippen molar-refractivity contribution in [1.29, 1.82) is 0 Å². The van der Waals surface area contributed by atoms with E-state index in [0.717, 1.165) is 44.1 Å². The first-order chi connectivity index (χ1) is 13.2. The van der Waals surface area contributed by atoms with Crippen LogP contribution in [-0.4, -0.2) is 39.5 Å². The van der Waals surface area contributed by atoms with Crippen LogP contribution < -0.4 is 4.90 Å². The molecule has 0 spiro atoms. The molecule has 7 heteroatoms. The number of aromatic nitrogens is 4. The first-order valence-corrected chi connectivity index (χ1v) is 10.5. The molecule has 0 aromatic carbocycles. The number of nitrogens with zero attached hydrogens (tertiary/aromatic N) is 4. The highest BCUT2D eigenvalue weighted by Gasteiger charge is 2.37. The summed E-state index contributed by atoms with van der Waals surface area (Å²) >= 11 is 0. The lowest BCUT2D eigenvalue weighted by Gasteiger charge is -2.32. The molecule has 1 N–H and O–H groups in total. The molecule has 27 heavy (non-hydrogen) atoms. The van der Waals surface area contributed by atoms with Crippen molar-refractivity contribution in [2.45, 2.75) is 77.1 Å². The van der Waals surface area contributed by atoms with Crippen molar-refractivity contribution in [3.8, 4) is 0 Å². The van der Waals surface area contributed by atoms with Gasteiger partial charge in [-0.05, 0) is 48.2 Å². The normalized spacial score (nSPS) is 23.3. The monoisotopic (exact) mass is 374 g/mol. The lowest BCUT2D eigenvalue weighted by Crippen LogP contribution is -3.12. The Hall–Kier alpha value is -1.73. The number of quaternary nitrogens is 1. The van der Waals surface area contributed by atoms with Gasteiger partial charge in [0.2, 0.25) is 5.82 Å². The van der Waals surface area contributed by atoms with Crippen LogP contribution in [0.5, 0.6) is 0 Å². The summed E-state index contributed by atoms with van der Waals surface area (Å²) in [6.45, 7) is 7.21. The lowest BCUT2D eigenvalue weighted by molar-refractivity contribution is -0.953. The second kappa shape index (κ2) is 8.52. The van der Waals surface area contributed by atoms with Gasteiger partial charge in [-0.25, -0.2) is 4.68 Å². The van der Waals surface area contributed by atoms with E-state index in [9.17, 15) is 0 Å². The molecule has 0 radical (unpaired) electrons. The van der Waals surface area contributed by atoms with E-state index in [1.807, 2.05) is 6.07 Å². The third-order valence-electron chi connectivity index (χ3n) is 6.07. The van der Waals surface area contributed by atoms with Crippen LogP contribution in [0.3, 0.4) is 0 Å². The largest absolute Gasteiger partial charge is 0.463 e. The Balaban J connectivity index is 1.62. The molecule has 3 atom stereocenters. The molecule has 1 saturated heterocycles. The molecule has 2 aliphatic rings. The average molecular weight is 375 g/mol. The third-order valence-corrected chi connectivity index (χ3v) is 6.07. The van der Waals surface area contributed by atoms with Crippen LogP contribution in [-0.2, 0) is 11.3 Å². The zero-order chi connectivity index (χ0) is 18.6. The van der Waals surface area contributed by atoms with Gasteiger partial charge in [0.25, 0.3) is 0 Å². The minimum Gasteiger partial charge on any atom is -0.463 e. The first kappa shape index (κ1) is 18.6. The van der Waals surface area contributed by atoms with Gasteiger partial charge >= 0.3 is 0 Å². The molecule has 3 heterocycles. The number of hydrogen-bond donors (Lipinski definition) is 1. The fourth-order valence-electron chi connectivity index (χ4n) is 4.81. The van der Waals surface area contributed by atoms with Gasteiger partial charge in [-0.2, -0.15) is 0 Å². The molecule has 1 unspecified atom stereocenters. The van der Waals surface area contributed by atoms with Crippen molar-refractivity contribution < 1.29 is 14.1 Å². The summed E-state index contributed by atoms with van der Waals surface area (Å²) in [5.41, 5.74) is 0. The molecule has 2 aromatic rings. The van der Waals surface area contributed by atoms with E-state index in [1.54, 1.807) is 6.26 Å². The van der Waals surface area contributed by atoms with Crippen LogP contribution >= 0.6 is 0 Å². The molecule has 0 bridgehead atoms. The zero-order valence-electron chi connectivity index (χ0n) is 16.5. The van der Waals surface area contributed by atoms with Gasteiger partial charge in [0.15, 0.2) is 11.8 Å². The predicted octanol–water partition coefficient (Wildman–Crippen LogP) is 2.34. The standard InChI is InChI=1S/C20H31N5O2/c1-15(2)19(20-21-22-23-25(20)16-7-3-4-8-16)24(13-17-9-5-11-26-17)14-18-10-6-12-27-18/h5,9,11,15-16,18-19H,3-4,6-8,10,12-14H2,1-2H3/p+1/t18-,19+/m0/s1. The summed E-state index contributed by atoms with van der Waals surface area (Å²) in [5.74, 6) is 2.45. The van der Waals surface area contributed by atoms with E-state index in [4.69, 9.17) is 9.15 Å². The van der Waals surface area contributed by atoms with Crippen LogP contribution in [0.15, 0.2) is 22.8 Å². The Morgan fingerprint density at radius 3 is 2.74 bits per heavy atom. The van der Waals surface area contributed by atoms with Crippen LogP contribution in [0.25, 0.3) is 0 Å². The minimum absolute atomic E-state index is 0.218. The van der Waals surface area contributed by atoms with Crippen LogP contribution in [0.2, 0.25) is 0 Å². The van der Waals surface area contributed by atoms with E-state index >= 15 is 0 Å². The van der Waals surface area contributed by atoms with E-state index in [2.05, 4.69) is 40.1 Å². The maximum absolute atomic E-state index is 5.97. The van der Waals surface area contributed by atoms with Gasteiger partial charge in [-0.1, -0.05) is 26.7 Å².